The van der Waals surface area contributed by atoms with E-state index in [1.165, 1.54) is 6.07 Å². The number of nitrogens with zero attached hydrogens (tertiary/aromatic N) is 1. The number of piperidine rings is 1. The Kier molecular flexibility index (Phi) is 4.52. The monoisotopic (exact) mass is 353 g/mol. The zero-order chi connectivity index (χ0) is 18.4. The summed E-state index contributed by atoms with van der Waals surface area (Å²) in [6, 6.07) is 5.78. The molecule has 0 radical (unpaired) electrons. The van der Waals surface area contributed by atoms with E-state index >= 15 is 0 Å². The average Bonchev–Trinajstić information content (AvgIpc) is 2.78. The van der Waals surface area contributed by atoms with E-state index in [0.29, 0.717) is 0 Å². The number of carbonyl (C=O) groups excluding carboxylic acids is 1. The molecule has 2 atom stereocenters. The molecule has 0 aliphatic carbocycles. The van der Waals surface area contributed by atoms with E-state index in [1.807, 2.05) is 20.8 Å². The van der Waals surface area contributed by atoms with E-state index in [9.17, 15) is 18.7 Å². The lowest BCUT2D eigenvalue weighted by molar-refractivity contribution is -0.0641. The second-order valence-electron chi connectivity index (χ2n) is 8.10. The minimum absolute atomic E-state index is 0.130. The topological polar surface area (TPSA) is 49.8 Å². The first-order chi connectivity index (χ1) is 11.6. The summed E-state index contributed by atoms with van der Waals surface area (Å²) in [5, 5.41) is 11.2. The maximum Gasteiger partial charge on any atom is 0.410 e. The molecule has 0 saturated carbocycles. The number of hydrogen-bond donors (Lipinski definition) is 1. The fourth-order valence-electron chi connectivity index (χ4n) is 4.17. The molecule has 25 heavy (non-hydrogen) atoms. The van der Waals surface area contributed by atoms with Crippen molar-refractivity contribution >= 4 is 6.09 Å². The zero-order valence-electron chi connectivity index (χ0n) is 14.8. The van der Waals surface area contributed by atoms with Gasteiger partial charge in [0.25, 0.3) is 6.43 Å². The molecule has 3 rings (SSSR count). The average molecular weight is 353 g/mol. The van der Waals surface area contributed by atoms with E-state index in [1.54, 1.807) is 23.1 Å². The molecule has 2 unspecified atom stereocenters. The number of hydrogen-bond acceptors (Lipinski definition) is 3. The Balaban J connectivity index is 1.85. The van der Waals surface area contributed by atoms with Gasteiger partial charge in [0.05, 0.1) is 5.60 Å². The highest BCUT2D eigenvalue weighted by molar-refractivity contribution is 5.70. The number of halogens is 2. The third-order valence-corrected chi connectivity index (χ3v) is 5.07. The van der Waals surface area contributed by atoms with Gasteiger partial charge in [-0.3, -0.25) is 0 Å². The minimum Gasteiger partial charge on any atom is -0.444 e. The number of alkyl halides is 2. The van der Waals surface area contributed by atoms with E-state index in [-0.39, 0.29) is 42.1 Å². The van der Waals surface area contributed by atoms with Gasteiger partial charge in [-0.25, -0.2) is 13.6 Å². The Morgan fingerprint density at radius 3 is 2.32 bits per heavy atom. The molecule has 2 heterocycles. The number of ether oxygens (including phenoxy) is 1. The zero-order valence-corrected chi connectivity index (χ0v) is 14.8. The molecule has 2 saturated heterocycles. The van der Waals surface area contributed by atoms with Crippen LogP contribution in [-0.4, -0.2) is 33.8 Å². The predicted molar refractivity (Wildman–Crippen MR) is 89.4 cm³/mol. The minimum atomic E-state index is -2.64. The Labute approximate surface area is 146 Å². The van der Waals surface area contributed by atoms with Crippen LogP contribution in [0.1, 0.15) is 64.0 Å². The van der Waals surface area contributed by atoms with Crippen LogP contribution in [0.4, 0.5) is 13.6 Å². The molecule has 0 spiro atoms. The summed E-state index contributed by atoms with van der Waals surface area (Å²) in [5.74, 6) is 0. The fraction of sp³-hybridized carbons (Fsp3) is 0.632. The number of amides is 1. The third-order valence-electron chi connectivity index (χ3n) is 5.07. The molecule has 1 N–H and O–H groups in total. The SMILES string of the molecule is CC(C)(C)OC(=O)N1C2CCC1CC(O)(c1ccccc1C(F)F)C2. The normalized spacial score (nSPS) is 29.2. The van der Waals surface area contributed by atoms with Crippen molar-refractivity contribution in [2.45, 2.75) is 76.2 Å². The first-order valence-electron chi connectivity index (χ1n) is 8.72. The van der Waals surface area contributed by atoms with E-state index in [2.05, 4.69) is 0 Å². The largest absolute Gasteiger partial charge is 0.444 e. The van der Waals surface area contributed by atoms with Crippen LogP contribution in [0.5, 0.6) is 0 Å². The highest BCUT2D eigenvalue weighted by Gasteiger charge is 2.51. The molecule has 1 aromatic carbocycles. The van der Waals surface area contributed by atoms with Crippen LogP contribution in [0.15, 0.2) is 24.3 Å². The van der Waals surface area contributed by atoms with Crippen molar-refractivity contribution in [3.63, 3.8) is 0 Å². The van der Waals surface area contributed by atoms with Crippen molar-refractivity contribution in [3.8, 4) is 0 Å². The Bertz CT molecular complexity index is 642. The number of fused-ring (bicyclic) bond motifs is 2. The maximum atomic E-state index is 13.4. The second kappa shape index (κ2) is 6.24. The van der Waals surface area contributed by atoms with Crippen molar-refractivity contribution in [3.05, 3.63) is 35.4 Å². The van der Waals surface area contributed by atoms with Crippen molar-refractivity contribution in [2.24, 2.45) is 0 Å². The Morgan fingerprint density at radius 2 is 1.80 bits per heavy atom. The van der Waals surface area contributed by atoms with Gasteiger partial charge < -0.3 is 14.7 Å². The summed E-state index contributed by atoms with van der Waals surface area (Å²) in [5.41, 5.74) is -1.77. The first-order valence-corrected chi connectivity index (χ1v) is 8.72. The van der Waals surface area contributed by atoms with Crippen LogP contribution < -0.4 is 0 Å². The van der Waals surface area contributed by atoms with Crippen molar-refractivity contribution in [1.29, 1.82) is 0 Å². The number of benzene rings is 1. The summed E-state index contributed by atoms with van der Waals surface area (Å²) in [7, 11) is 0. The lowest BCUT2D eigenvalue weighted by Gasteiger charge is -2.44. The van der Waals surface area contributed by atoms with Crippen molar-refractivity contribution in [2.75, 3.05) is 0 Å². The van der Waals surface area contributed by atoms with Gasteiger partial charge >= 0.3 is 6.09 Å². The maximum absolute atomic E-state index is 13.4. The molecule has 1 amide bonds. The molecule has 6 heteroatoms. The smallest absolute Gasteiger partial charge is 0.410 e. The van der Waals surface area contributed by atoms with Crippen LogP contribution >= 0.6 is 0 Å². The molecule has 2 bridgehead atoms. The van der Waals surface area contributed by atoms with Gasteiger partial charge in [-0.1, -0.05) is 24.3 Å². The van der Waals surface area contributed by atoms with Crippen LogP contribution in [0.25, 0.3) is 0 Å². The second-order valence-corrected chi connectivity index (χ2v) is 8.10. The summed E-state index contributed by atoms with van der Waals surface area (Å²) in [6.07, 6.45) is -1.00. The van der Waals surface area contributed by atoms with Crippen LogP contribution in [-0.2, 0) is 10.3 Å². The first kappa shape index (κ1) is 18.1. The van der Waals surface area contributed by atoms with Gasteiger partial charge in [0.2, 0.25) is 0 Å². The van der Waals surface area contributed by atoms with Crippen LogP contribution in [0, 0.1) is 0 Å². The molecule has 4 nitrogen and oxygen atoms in total. The number of carbonyl (C=O) groups is 1. The predicted octanol–water partition coefficient (Wildman–Crippen LogP) is 4.37. The summed E-state index contributed by atoms with van der Waals surface area (Å²) in [6.45, 7) is 5.43. The van der Waals surface area contributed by atoms with Gasteiger partial charge in [0, 0.05) is 30.5 Å². The molecule has 2 aliphatic rings. The molecule has 2 fully saturated rings. The standard InChI is InChI=1S/C19H25F2NO3/c1-18(2,3)25-17(23)22-12-8-9-13(22)11-19(24,10-12)15-7-5-4-6-14(15)16(20)21/h4-7,12-13,16,24H,8-11H2,1-3H3. The summed E-state index contributed by atoms with van der Waals surface area (Å²) >= 11 is 0. The molecule has 0 aromatic heterocycles. The van der Waals surface area contributed by atoms with Crippen molar-refractivity contribution in [1.82, 2.24) is 4.90 Å². The highest BCUT2D eigenvalue weighted by Crippen LogP contribution is 2.47. The van der Waals surface area contributed by atoms with Crippen LogP contribution in [0.3, 0.4) is 0 Å². The lowest BCUT2D eigenvalue weighted by Crippen LogP contribution is -2.53. The molecular formula is C19H25F2NO3. The van der Waals surface area contributed by atoms with Crippen molar-refractivity contribution < 1.29 is 23.4 Å². The molecule has 2 aliphatic heterocycles. The molecule has 1 aromatic rings. The quantitative estimate of drug-likeness (QED) is 0.859. The van der Waals surface area contributed by atoms with E-state index < -0.39 is 17.6 Å². The van der Waals surface area contributed by atoms with Gasteiger partial charge in [0.15, 0.2) is 0 Å². The third kappa shape index (κ3) is 3.50. The number of aliphatic hydroxyl groups is 1. The van der Waals surface area contributed by atoms with Gasteiger partial charge in [-0.05, 0) is 39.2 Å². The van der Waals surface area contributed by atoms with Crippen LogP contribution in [0.2, 0.25) is 0 Å². The van der Waals surface area contributed by atoms with Gasteiger partial charge in [-0.2, -0.15) is 0 Å². The fourth-order valence-corrected chi connectivity index (χ4v) is 4.17. The molecular weight excluding hydrogens is 328 g/mol. The Morgan fingerprint density at radius 1 is 1.24 bits per heavy atom. The number of rotatable bonds is 2. The lowest BCUT2D eigenvalue weighted by atomic mass is 9.78. The van der Waals surface area contributed by atoms with Gasteiger partial charge in [0.1, 0.15) is 5.60 Å². The summed E-state index contributed by atoms with van der Waals surface area (Å²) in [4.78, 5) is 14.2. The summed E-state index contributed by atoms with van der Waals surface area (Å²) < 4.78 is 32.2. The highest BCUT2D eigenvalue weighted by atomic mass is 19.3. The van der Waals surface area contributed by atoms with E-state index in [0.717, 1.165) is 12.8 Å². The molecule has 138 valence electrons. The Hall–Kier alpha value is -1.69. The van der Waals surface area contributed by atoms with Gasteiger partial charge in [-0.15, -0.1) is 0 Å². The van der Waals surface area contributed by atoms with E-state index in [4.69, 9.17) is 4.74 Å².